The second kappa shape index (κ2) is 6.37. The van der Waals surface area contributed by atoms with Crippen LogP contribution in [-0.2, 0) is 14.3 Å². The maximum Gasteiger partial charge on any atom is 0.248 e. The number of carbonyl (C=O) groups is 2. The molecule has 0 bridgehead atoms. The van der Waals surface area contributed by atoms with Crippen LogP contribution in [0.5, 0.6) is 0 Å². The highest BCUT2D eigenvalue weighted by molar-refractivity contribution is 5.98. The summed E-state index contributed by atoms with van der Waals surface area (Å²) >= 11 is 0. The van der Waals surface area contributed by atoms with Gasteiger partial charge in [-0.15, -0.1) is 0 Å². The fourth-order valence-electron chi connectivity index (χ4n) is 3.13. The molecule has 2 rings (SSSR count). The third kappa shape index (κ3) is 3.26. The molecule has 0 aromatic rings. The molecule has 2 amide bonds. The molecule has 0 aromatic heterocycles. The van der Waals surface area contributed by atoms with Crippen LogP contribution in [0.25, 0.3) is 0 Å². The van der Waals surface area contributed by atoms with Crippen LogP contribution in [-0.4, -0.2) is 49.1 Å². The van der Waals surface area contributed by atoms with Crippen molar-refractivity contribution < 1.29 is 14.3 Å². The van der Waals surface area contributed by atoms with Gasteiger partial charge in [-0.1, -0.05) is 19.3 Å². The van der Waals surface area contributed by atoms with Gasteiger partial charge in [0.1, 0.15) is 5.54 Å². The van der Waals surface area contributed by atoms with Gasteiger partial charge in [-0.05, 0) is 25.7 Å². The van der Waals surface area contributed by atoms with Crippen LogP contribution in [0.2, 0.25) is 0 Å². The lowest BCUT2D eigenvalue weighted by Gasteiger charge is -2.44. The average molecular weight is 268 g/mol. The Hall–Kier alpha value is -1.10. The van der Waals surface area contributed by atoms with Crippen LogP contribution in [0.3, 0.4) is 0 Å². The molecule has 0 unspecified atom stereocenters. The third-order valence-electron chi connectivity index (χ3n) is 4.14. The maximum absolute atomic E-state index is 12.6. The molecule has 1 N–H and O–H groups in total. The molecule has 1 spiro atoms. The first-order valence-corrected chi connectivity index (χ1v) is 7.27. The van der Waals surface area contributed by atoms with Crippen molar-refractivity contribution >= 4 is 11.8 Å². The van der Waals surface area contributed by atoms with Crippen LogP contribution >= 0.6 is 0 Å². The van der Waals surface area contributed by atoms with Gasteiger partial charge in [-0.3, -0.25) is 9.59 Å². The van der Waals surface area contributed by atoms with Gasteiger partial charge in [0.25, 0.3) is 0 Å². The largest absolute Gasteiger partial charge is 0.385 e. The number of hydrogen-bond donors (Lipinski definition) is 1. The molecule has 5 nitrogen and oxygen atoms in total. The number of unbranched alkanes of at least 4 members (excludes halogenated alkanes) is 1. The predicted octanol–water partition coefficient (Wildman–Crippen LogP) is 1.07. The molecule has 1 saturated heterocycles. The summed E-state index contributed by atoms with van der Waals surface area (Å²) < 4.78 is 5.01. The van der Waals surface area contributed by atoms with Crippen molar-refractivity contribution in [1.82, 2.24) is 10.2 Å². The zero-order chi connectivity index (χ0) is 13.7. The van der Waals surface area contributed by atoms with E-state index in [4.69, 9.17) is 4.74 Å². The lowest BCUT2D eigenvalue weighted by atomic mass is 9.79. The Morgan fingerprint density at radius 3 is 2.63 bits per heavy atom. The van der Waals surface area contributed by atoms with Crippen molar-refractivity contribution in [3.05, 3.63) is 0 Å². The molecule has 0 aromatic carbocycles. The predicted molar refractivity (Wildman–Crippen MR) is 71.6 cm³/mol. The van der Waals surface area contributed by atoms with E-state index in [2.05, 4.69) is 5.32 Å². The van der Waals surface area contributed by atoms with E-state index >= 15 is 0 Å². The SMILES string of the molecule is COCCCCN1CC(=O)NC2(CCCCC2)C1=O. The standard InChI is InChI=1S/C14H24N2O3/c1-19-10-6-5-9-16-11-12(17)15-14(13(16)18)7-3-2-4-8-14/h2-11H2,1H3,(H,15,17). The van der Waals surface area contributed by atoms with Crippen LogP contribution < -0.4 is 5.32 Å². The van der Waals surface area contributed by atoms with E-state index in [0.29, 0.717) is 13.2 Å². The van der Waals surface area contributed by atoms with Crippen LogP contribution in [0.1, 0.15) is 44.9 Å². The summed E-state index contributed by atoms with van der Waals surface area (Å²) in [6.45, 7) is 1.59. The van der Waals surface area contributed by atoms with Gasteiger partial charge in [-0.25, -0.2) is 0 Å². The lowest BCUT2D eigenvalue weighted by molar-refractivity contribution is -0.151. The minimum atomic E-state index is -0.588. The van der Waals surface area contributed by atoms with Crippen molar-refractivity contribution in [3.63, 3.8) is 0 Å². The Bertz CT molecular complexity index is 338. The van der Waals surface area contributed by atoms with E-state index < -0.39 is 5.54 Å². The minimum Gasteiger partial charge on any atom is -0.385 e. The molecule has 1 aliphatic carbocycles. The van der Waals surface area contributed by atoms with Crippen molar-refractivity contribution in [2.75, 3.05) is 26.8 Å². The fourth-order valence-corrected chi connectivity index (χ4v) is 3.13. The number of rotatable bonds is 5. The van der Waals surface area contributed by atoms with Gasteiger partial charge in [0.05, 0.1) is 6.54 Å². The van der Waals surface area contributed by atoms with E-state index in [0.717, 1.165) is 38.5 Å². The third-order valence-corrected chi connectivity index (χ3v) is 4.14. The molecule has 1 aliphatic heterocycles. The first kappa shape index (κ1) is 14.3. The molecule has 2 aliphatic rings. The molecular weight excluding hydrogens is 244 g/mol. The zero-order valence-electron chi connectivity index (χ0n) is 11.7. The van der Waals surface area contributed by atoms with Crippen LogP contribution in [0, 0.1) is 0 Å². The second-order valence-electron chi connectivity index (χ2n) is 5.62. The van der Waals surface area contributed by atoms with Gasteiger partial charge in [0, 0.05) is 20.3 Å². The molecular formula is C14H24N2O3. The van der Waals surface area contributed by atoms with E-state index in [1.807, 2.05) is 0 Å². The van der Waals surface area contributed by atoms with Gasteiger partial charge in [0.15, 0.2) is 0 Å². The summed E-state index contributed by atoms with van der Waals surface area (Å²) in [7, 11) is 1.68. The van der Waals surface area contributed by atoms with E-state index in [9.17, 15) is 9.59 Å². The van der Waals surface area contributed by atoms with E-state index in [1.54, 1.807) is 12.0 Å². The highest BCUT2D eigenvalue weighted by Crippen LogP contribution is 2.31. The zero-order valence-corrected chi connectivity index (χ0v) is 11.7. The second-order valence-corrected chi connectivity index (χ2v) is 5.62. The molecule has 108 valence electrons. The van der Waals surface area contributed by atoms with Gasteiger partial charge >= 0.3 is 0 Å². The topological polar surface area (TPSA) is 58.6 Å². The smallest absolute Gasteiger partial charge is 0.248 e. The van der Waals surface area contributed by atoms with Gasteiger partial charge < -0.3 is 15.0 Å². The number of amides is 2. The van der Waals surface area contributed by atoms with Crippen LogP contribution in [0.4, 0.5) is 0 Å². The molecule has 0 radical (unpaired) electrons. The number of methoxy groups -OCH3 is 1. The van der Waals surface area contributed by atoms with Crippen molar-refractivity contribution in [3.8, 4) is 0 Å². The fraction of sp³-hybridized carbons (Fsp3) is 0.857. The Balaban J connectivity index is 1.95. The average Bonchev–Trinajstić information content (AvgIpc) is 2.41. The Morgan fingerprint density at radius 2 is 1.95 bits per heavy atom. The molecule has 1 heterocycles. The van der Waals surface area contributed by atoms with Crippen LogP contribution in [0.15, 0.2) is 0 Å². The summed E-state index contributed by atoms with van der Waals surface area (Å²) in [5.74, 6) is 0.123. The summed E-state index contributed by atoms with van der Waals surface area (Å²) in [6, 6.07) is 0. The highest BCUT2D eigenvalue weighted by atomic mass is 16.5. The Morgan fingerprint density at radius 1 is 1.21 bits per heavy atom. The number of nitrogens with zero attached hydrogens (tertiary/aromatic N) is 1. The van der Waals surface area contributed by atoms with Crippen molar-refractivity contribution in [2.45, 2.75) is 50.5 Å². The number of ether oxygens (including phenoxy) is 1. The number of hydrogen-bond acceptors (Lipinski definition) is 3. The monoisotopic (exact) mass is 268 g/mol. The maximum atomic E-state index is 12.6. The number of carbonyl (C=O) groups excluding carboxylic acids is 2. The first-order valence-electron chi connectivity index (χ1n) is 7.27. The minimum absolute atomic E-state index is 0.00626. The Kier molecular flexibility index (Phi) is 4.80. The normalized spacial score (nSPS) is 22.7. The molecule has 0 atom stereocenters. The summed E-state index contributed by atoms with van der Waals surface area (Å²) in [6.07, 6.45) is 6.64. The summed E-state index contributed by atoms with van der Waals surface area (Å²) in [5, 5.41) is 2.96. The van der Waals surface area contributed by atoms with E-state index in [-0.39, 0.29) is 18.4 Å². The van der Waals surface area contributed by atoms with E-state index in [1.165, 1.54) is 6.42 Å². The highest BCUT2D eigenvalue weighted by Gasteiger charge is 2.46. The summed E-state index contributed by atoms with van der Waals surface area (Å²) in [5.41, 5.74) is -0.588. The molecule has 1 saturated carbocycles. The molecule has 19 heavy (non-hydrogen) atoms. The quantitative estimate of drug-likeness (QED) is 0.759. The molecule has 2 fully saturated rings. The number of piperazine rings is 1. The van der Waals surface area contributed by atoms with Crippen molar-refractivity contribution in [1.29, 1.82) is 0 Å². The summed E-state index contributed by atoms with van der Waals surface area (Å²) in [4.78, 5) is 26.2. The molecule has 5 heteroatoms. The number of nitrogens with one attached hydrogen (secondary N) is 1. The van der Waals surface area contributed by atoms with Crippen molar-refractivity contribution in [2.24, 2.45) is 0 Å². The van der Waals surface area contributed by atoms with Gasteiger partial charge in [0.2, 0.25) is 11.8 Å². The lowest BCUT2D eigenvalue weighted by Crippen LogP contribution is -2.67. The first-order chi connectivity index (χ1) is 9.18. The Labute approximate surface area is 114 Å². The van der Waals surface area contributed by atoms with Gasteiger partial charge in [-0.2, -0.15) is 0 Å².